The number of unbranched alkanes of at least 4 members (excludes halogenated alkanes) is 3. The van der Waals surface area contributed by atoms with Gasteiger partial charge in [-0.05, 0) is 20.3 Å². The second-order valence-electron chi connectivity index (χ2n) is 4.81. The van der Waals surface area contributed by atoms with E-state index in [1.807, 2.05) is 32.0 Å². The van der Waals surface area contributed by atoms with Crippen LogP contribution in [0.5, 0.6) is 11.5 Å². The Morgan fingerprint density at radius 3 is 2.44 bits per heavy atom. The number of anilines is 1. The van der Waals surface area contributed by atoms with E-state index in [4.69, 9.17) is 15.2 Å². The molecule has 18 heavy (non-hydrogen) atoms. The molecule has 0 spiro atoms. The van der Waals surface area contributed by atoms with Crippen LogP contribution in [0.1, 0.15) is 46.5 Å². The van der Waals surface area contributed by atoms with E-state index >= 15 is 0 Å². The molecule has 0 radical (unpaired) electrons. The molecule has 1 aromatic rings. The molecule has 0 aromatic heterocycles. The monoisotopic (exact) mass is 251 g/mol. The van der Waals surface area contributed by atoms with Crippen LogP contribution in [0, 0.1) is 0 Å². The van der Waals surface area contributed by atoms with E-state index in [-0.39, 0.29) is 6.10 Å². The van der Waals surface area contributed by atoms with Crippen molar-refractivity contribution in [2.24, 2.45) is 0 Å². The van der Waals surface area contributed by atoms with Gasteiger partial charge in [0.25, 0.3) is 0 Å². The number of hydrogen-bond acceptors (Lipinski definition) is 3. The molecule has 1 aromatic carbocycles. The summed E-state index contributed by atoms with van der Waals surface area (Å²) in [5, 5.41) is 0. The standard InChI is InChI=1S/C15H25NO2/c1-4-5-6-7-8-17-14-9-13(16)10-15(11-14)18-12(2)3/h9-12H,4-8,16H2,1-3H3. The van der Waals surface area contributed by atoms with Crippen LogP contribution in [0.25, 0.3) is 0 Å². The molecule has 0 atom stereocenters. The summed E-state index contributed by atoms with van der Waals surface area (Å²) in [5.41, 5.74) is 6.50. The lowest BCUT2D eigenvalue weighted by Crippen LogP contribution is -2.06. The Hall–Kier alpha value is -1.38. The SMILES string of the molecule is CCCCCCOc1cc(N)cc(OC(C)C)c1. The Morgan fingerprint density at radius 2 is 1.78 bits per heavy atom. The fourth-order valence-electron chi connectivity index (χ4n) is 1.74. The van der Waals surface area contributed by atoms with E-state index in [0.29, 0.717) is 5.69 Å². The van der Waals surface area contributed by atoms with Gasteiger partial charge in [0.05, 0.1) is 12.7 Å². The van der Waals surface area contributed by atoms with Gasteiger partial charge in [-0.1, -0.05) is 26.2 Å². The predicted molar refractivity (Wildman–Crippen MR) is 76.3 cm³/mol. The number of hydrogen-bond donors (Lipinski definition) is 1. The van der Waals surface area contributed by atoms with E-state index in [1.165, 1.54) is 19.3 Å². The van der Waals surface area contributed by atoms with E-state index in [2.05, 4.69) is 6.92 Å². The van der Waals surface area contributed by atoms with Gasteiger partial charge in [-0.2, -0.15) is 0 Å². The molecule has 3 heteroatoms. The zero-order chi connectivity index (χ0) is 13.4. The molecule has 0 aliphatic carbocycles. The summed E-state index contributed by atoms with van der Waals surface area (Å²) in [6.07, 6.45) is 4.95. The Labute approximate surface area is 110 Å². The summed E-state index contributed by atoms with van der Waals surface area (Å²) in [6.45, 7) is 6.93. The second-order valence-corrected chi connectivity index (χ2v) is 4.81. The average Bonchev–Trinajstić information content (AvgIpc) is 2.27. The molecule has 1 rings (SSSR count). The Balaban J connectivity index is 2.46. The summed E-state index contributed by atoms with van der Waals surface area (Å²) in [6, 6.07) is 5.56. The van der Waals surface area contributed by atoms with E-state index in [9.17, 15) is 0 Å². The number of benzene rings is 1. The Bertz CT molecular complexity index is 350. The quantitative estimate of drug-likeness (QED) is 0.560. The third kappa shape index (κ3) is 5.80. The van der Waals surface area contributed by atoms with Gasteiger partial charge in [-0.3, -0.25) is 0 Å². The summed E-state index contributed by atoms with van der Waals surface area (Å²) >= 11 is 0. The summed E-state index contributed by atoms with van der Waals surface area (Å²) in [7, 11) is 0. The second kappa shape index (κ2) is 7.85. The molecule has 0 aliphatic rings. The number of nitrogen functional groups attached to an aromatic ring is 1. The topological polar surface area (TPSA) is 44.5 Å². The third-order valence-corrected chi connectivity index (χ3v) is 2.54. The maximum atomic E-state index is 5.83. The lowest BCUT2D eigenvalue weighted by Gasteiger charge is -2.13. The molecular weight excluding hydrogens is 226 g/mol. The fraction of sp³-hybridized carbons (Fsp3) is 0.600. The Kier molecular flexibility index (Phi) is 6.40. The van der Waals surface area contributed by atoms with Crippen molar-refractivity contribution in [3.63, 3.8) is 0 Å². The van der Waals surface area contributed by atoms with Crippen LogP contribution in [0.3, 0.4) is 0 Å². The van der Waals surface area contributed by atoms with Crippen LogP contribution in [-0.2, 0) is 0 Å². The van der Waals surface area contributed by atoms with Crippen LogP contribution in [0.2, 0.25) is 0 Å². The van der Waals surface area contributed by atoms with Gasteiger partial charge >= 0.3 is 0 Å². The van der Waals surface area contributed by atoms with Crippen LogP contribution in [-0.4, -0.2) is 12.7 Å². The summed E-state index contributed by atoms with van der Waals surface area (Å²) in [4.78, 5) is 0. The maximum absolute atomic E-state index is 5.83. The smallest absolute Gasteiger partial charge is 0.125 e. The number of rotatable bonds is 8. The van der Waals surface area contributed by atoms with Crippen molar-refractivity contribution in [2.45, 2.75) is 52.6 Å². The average molecular weight is 251 g/mol. The highest BCUT2D eigenvalue weighted by molar-refractivity contribution is 5.50. The fourth-order valence-corrected chi connectivity index (χ4v) is 1.74. The number of ether oxygens (including phenoxy) is 2. The van der Waals surface area contributed by atoms with Crippen molar-refractivity contribution in [2.75, 3.05) is 12.3 Å². The maximum Gasteiger partial charge on any atom is 0.125 e. The molecule has 3 nitrogen and oxygen atoms in total. The van der Waals surface area contributed by atoms with Crippen LogP contribution >= 0.6 is 0 Å². The lowest BCUT2D eigenvalue weighted by molar-refractivity contribution is 0.240. The van der Waals surface area contributed by atoms with Gasteiger partial charge in [-0.25, -0.2) is 0 Å². The summed E-state index contributed by atoms with van der Waals surface area (Å²) < 4.78 is 11.3. The van der Waals surface area contributed by atoms with Gasteiger partial charge in [0.15, 0.2) is 0 Å². The van der Waals surface area contributed by atoms with Gasteiger partial charge < -0.3 is 15.2 Å². The molecule has 0 amide bonds. The molecule has 0 saturated heterocycles. The minimum absolute atomic E-state index is 0.143. The van der Waals surface area contributed by atoms with Crippen molar-refractivity contribution in [3.8, 4) is 11.5 Å². The van der Waals surface area contributed by atoms with Crippen LogP contribution < -0.4 is 15.2 Å². The highest BCUT2D eigenvalue weighted by atomic mass is 16.5. The van der Waals surface area contributed by atoms with E-state index in [1.54, 1.807) is 0 Å². The molecule has 102 valence electrons. The van der Waals surface area contributed by atoms with Crippen LogP contribution in [0.4, 0.5) is 5.69 Å². The Morgan fingerprint density at radius 1 is 1.06 bits per heavy atom. The minimum Gasteiger partial charge on any atom is -0.493 e. The van der Waals surface area contributed by atoms with Crippen molar-refractivity contribution in [1.29, 1.82) is 0 Å². The normalized spacial score (nSPS) is 10.7. The first-order valence-electron chi connectivity index (χ1n) is 6.82. The zero-order valence-electron chi connectivity index (χ0n) is 11.7. The highest BCUT2D eigenvalue weighted by Crippen LogP contribution is 2.25. The molecule has 2 N–H and O–H groups in total. The predicted octanol–water partition coefficient (Wildman–Crippen LogP) is 4.02. The molecule has 0 unspecified atom stereocenters. The van der Waals surface area contributed by atoms with E-state index in [0.717, 1.165) is 24.5 Å². The molecule has 0 fully saturated rings. The first-order valence-corrected chi connectivity index (χ1v) is 6.82. The first-order chi connectivity index (χ1) is 8.61. The van der Waals surface area contributed by atoms with E-state index < -0.39 is 0 Å². The van der Waals surface area contributed by atoms with Gasteiger partial charge in [-0.15, -0.1) is 0 Å². The third-order valence-electron chi connectivity index (χ3n) is 2.54. The lowest BCUT2D eigenvalue weighted by atomic mass is 10.2. The zero-order valence-corrected chi connectivity index (χ0v) is 11.7. The van der Waals surface area contributed by atoms with Gasteiger partial charge in [0.1, 0.15) is 11.5 Å². The molecule has 0 saturated carbocycles. The number of nitrogens with two attached hydrogens (primary N) is 1. The molecular formula is C15H25NO2. The van der Waals surface area contributed by atoms with Crippen molar-refractivity contribution in [3.05, 3.63) is 18.2 Å². The minimum atomic E-state index is 0.143. The highest BCUT2D eigenvalue weighted by Gasteiger charge is 2.03. The molecule has 0 bridgehead atoms. The van der Waals surface area contributed by atoms with Crippen molar-refractivity contribution in [1.82, 2.24) is 0 Å². The van der Waals surface area contributed by atoms with Crippen molar-refractivity contribution >= 4 is 5.69 Å². The first kappa shape index (κ1) is 14.7. The van der Waals surface area contributed by atoms with Gasteiger partial charge in [0, 0.05) is 23.9 Å². The van der Waals surface area contributed by atoms with Gasteiger partial charge in [0.2, 0.25) is 0 Å². The summed E-state index contributed by atoms with van der Waals surface area (Å²) in [5.74, 6) is 1.57. The van der Waals surface area contributed by atoms with Crippen LogP contribution in [0.15, 0.2) is 18.2 Å². The molecule has 0 heterocycles. The largest absolute Gasteiger partial charge is 0.493 e. The van der Waals surface area contributed by atoms with Crippen molar-refractivity contribution < 1.29 is 9.47 Å². The molecule has 0 aliphatic heterocycles.